The van der Waals surface area contributed by atoms with E-state index in [1.54, 1.807) is 0 Å². The molecule has 1 fully saturated rings. The summed E-state index contributed by atoms with van der Waals surface area (Å²) in [4.78, 5) is 11.2. The number of hydrogen-bond acceptors (Lipinski definition) is 2. The zero-order chi connectivity index (χ0) is 13.3. The first-order valence-corrected chi connectivity index (χ1v) is 6.52. The van der Waals surface area contributed by atoms with Crippen molar-refractivity contribution in [2.75, 3.05) is 0 Å². The van der Waals surface area contributed by atoms with Crippen LogP contribution in [-0.2, 0) is 14.9 Å². The summed E-state index contributed by atoms with van der Waals surface area (Å²) in [6.45, 7) is 1.47. The van der Waals surface area contributed by atoms with E-state index < -0.39 is 0 Å². The van der Waals surface area contributed by atoms with Crippen molar-refractivity contribution >= 4 is 5.97 Å². The smallest absolute Gasteiger partial charge is 0.302 e. The Balaban J connectivity index is 2.02. The van der Waals surface area contributed by atoms with Crippen LogP contribution in [0.15, 0.2) is 60.7 Å². The van der Waals surface area contributed by atoms with Crippen molar-refractivity contribution in [3.63, 3.8) is 0 Å². The maximum Gasteiger partial charge on any atom is 0.302 e. The first-order valence-electron chi connectivity index (χ1n) is 6.52. The molecule has 0 spiro atoms. The molecule has 2 aromatic rings. The Morgan fingerprint density at radius 2 is 1.47 bits per heavy atom. The fourth-order valence-corrected chi connectivity index (χ4v) is 2.82. The van der Waals surface area contributed by atoms with E-state index in [1.165, 1.54) is 18.1 Å². The van der Waals surface area contributed by atoms with Gasteiger partial charge in [-0.05, 0) is 11.1 Å². The summed E-state index contributed by atoms with van der Waals surface area (Å²) >= 11 is 0. The van der Waals surface area contributed by atoms with E-state index in [1.807, 2.05) is 36.4 Å². The lowest BCUT2D eigenvalue weighted by atomic mass is 9.87. The highest BCUT2D eigenvalue weighted by atomic mass is 16.5. The minimum Gasteiger partial charge on any atom is -0.461 e. The molecule has 0 bridgehead atoms. The van der Waals surface area contributed by atoms with Crippen LogP contribution in [-0.4, -0.2) is 12.1 Å². The van der Waals surface area contributed by atoms with Crippen molar-refractivity contribution in [2.24, 2.45) is 0 Å². The molecular formula is C17H16O2. The van der Waals surface area contributed by atoms with Crippen LogP contribution in [0.1, 0.15) is 24.5 Å². The average molecular weight is 252 g/mol. The lowest BCUT2D eigenvalue weighted by Gasteiger charge is -2.18. The highest BCUT2D eigenvalue weighted by molar-refractivity contribution is 5.67. The van der Waals surface area contributed by atoms with E-state index in [0.717, 1.165) is 6.42 Å². The van der Waals surface area contributed by atoms with Crippen LogP contribution in [0.4, 0.5) is 0 Å². The third-order valence-electron chi connectivity index (χ3n) is 3.78. The Labute approximate surface area is 113 Å². The van der Waals surface area contributed by atoms with Crippen LogP contribution in [0.3, 0.4) is 0 Å². The standard InChI is InChI=1S/C17H16O2/c1-13(18)19-16-12-17(16,14-8-4-2-5-9-14)15-10-6-3-7-11-15/h2-11,16H,12H2,1H3. The van der Waals surface area contributed by atoms with E-state index in [4.69, 9.17) is 4.74 Å². The molecule has 0 heterocycles. The maximum absolute atomic E-state index is 11.2. The van der Waals surface area contributed by atoms with Crippen LogP contribution < -0.4 is 0 Å². The molecule has 2 nitrogen and oxygen atoms in total. The number of rotatable bonds is 3. The predicted molar refractivity (Wildman–Crippen MR) is 73.8 cm³/mol. The van der Waals surface area contributed by atoms with Gasteiger partial charge in [-0.3, -0.25) is 4.79 Å². The van der Waals surface area contributed by atoms with E-state index in [9.17, 15) is 4.79 Å². The van der Waals surface area contributed by atoms with Crippen LogP contribution in [0.25, 0.3) is 0 Å². The molecule has 1 aliphatic carbocycles. The first kappa shape index (κ1) is 12.0. The molecule has 2 heteroatoms. The maximum atomic E-state index is 11.2. The molecule has 96 valence electrons. The van der Waals surface area contributed by atoms with Crippen LogP contribution in [0.5, 0.6) is 0 Å². The summed E-state index contributed by atoms with van der Waals surface area (Å²) in [5.74, 6) is -0.210. The van der Waals surface area contributed by atoms with Crippen molar-refractivity contribution in [2.45, 2.75) is 24.9 Å². The molecule has 0 aromatic heterocycles. The molecule has 1 unspecified atom stereocenters. The number of ether oxygens (including phenoxy) is 1. The van der Waals surface area contributed by atoms with Crippen molar-refractivity contribution in [1.29, 1.82) is 0 Å². The third kappa shape index (κ3) is 2.03. The van der Waals surface area contributed by atoms with Crippen LogP contribution in [0.2, 0.25) is 0 Å². The van der Waals surface area contributed by atoms with Crippen molar-refractivity contribution in [1.82, 2.24) is 0 Å². The van der Waals surface area contributed by atoms with Gasteiger partial charge in [0.25, 0.3) is 0 Å². The highest BCUT2D eigenvalue weighted by Gasteiger charge is 2.59. The molecule has 1 atom stereocenters. The third-order valence-corrected chi connectivity index (χ3v) is 3.78. The largest absolute Gasteiger partial charge is 0.461 e. The SMILES string of the molecule is CC(=O)OC1CC1(c1ccccc1)c1ccccc1. The summed E-state index contributed by atoms with van der Waals surface area (Å²) in [6.07, 6.45) is 0.815. The van der Waals surface area contributed by atoms with Gasteiger partial charge >= 0.3 is 5.97 Å². The monoisotopic (exact) mass is 252 g/mol. The molecule has 0 radical (unpaired) electrons. The zero-order valence-electron chi connectivity index (χ0n) is 10.9. The van der Waals surface area contributed by atoms with E-state index in [-0.39, 0.29) is 17.5 Å². The Bertz CT molecular complexity index is 535. The number of carbonyl (C=O) groups excluding carboxylic acids is 1. The average Bonchev–Trinajstić information content (AvgIpc) is 3.15. The first-order chi connectivity index (χ1) is 9.23. The number of benzene rings is 2. The second kappa shape index (κ2) is 4.54. The normalized spacial score (nSPS) is 19.7. The minimum absolute atomic E-state index is 0.0465. The van der Waals surface area contributed by atoms with Crippen LogP contribution in [0, 0.1) is 0 Å². The van der Waals surface area contributed by atoms with Gasteiger partial charge in [0.15, 0.2) is 0 Å². The molecule has 0 amide bonds. The van der Waals surface area contributed by atoms with Crippen molar-refractivity contribution in [3.05, 3.63) is 71.8 Å². The Morgan fingerprint density at radius 1 is 1.00 bits per heavy atom. The molecule has 0 N–H and O–H groups in total. The van der Waals surface area contributed by atoms with Gasteiger partial charge in [-0.2, -0.15) is 0 Å². The lowest BCUT2D eigenvalue weighted by molar-refractivity contribution is -0.142. The molecule has 3 rings (SSSR count). The molecule has 0 aliphatic heterocycles. The topological polar surface area (TPSA) is 26.3 Å². The summed E-state index contributed by atoms with van der Waals surface area (Å²) in [6, 6.07) is 20.6. The van der Waals surface area contributed by atoms with Crippen molar-refractivity contribution < 1.29 is 9.53 Å². The minimum atomic E-state index is -0.210. The van der Waals surface area contributed by atoms with E-state index >= 15 is 0 Å². The Hall–Kier alpha value is -2.09. The van der Waals surface area contributed by atoms with Gasteiger partial charge in [0.2, 0.25) is 0 Å². The van der Waals surface area contributed by atoms with Gasteiger partial charge in [-0.1, -0.05) is 60.7 Å². The quantitative estimate of drug-likeness (QED) is 0.783. The predicted octanol–water partition coefficient (Wildman–Crippen LogP) is 3.31. The van der Waals surface area contributed by atoms with Gasteiger partial charge in [0, 0.05) is 13.3 Å². The van der Waals surface area contributed by atoms with Gasteiger partial charge in [-0.15, -0.1) is 0 Å². The summed E-state index contributed by atoms with van der Waals surface area (Å²) < 4.78 is 5.45. The second-order valence-electron chi connectivity index (χ2n) is 5.01. The zero-order valence-corrected chi connectivity index (χ0v) is 10.9. The second-order valence-corrected chi connectivity index (χ2v) is 5.01. The molecule has 2 aromatic carbocycles. The Kier molecular flexibility index (Phi) is 2.86. The Morgan fingerprint density at radius 3 is 1.89 bits per heavy atom. The molecule has 19 heavy (non-hydrogen) atoms. The number of carbonyl (C=O) groups is 1. The van der Waals surface area contributed by atoms with Gasteiger partial charge in [0.1, 0.15) is 6.10 Å². The highest BCUT2D eigenvalue weighted by Crippen LogP contribution is 2.55. The van der Waals surface area contributed by atoms with E-state index in [0.29, 0.717) is 0 Å². The lowest BCUT2D eigenvalue weighted by Crippen LogP contribution is -2.18. The summed E-state index contributed by atoms with van der Waals surface area (Å²) in [5.41, 5.74) is 2.27. The van der Waals surface area contributed by atoms with Gasteiger partial charge in [0.05, 0.1) is 5.41 Å². The summed E-state index contributed by atoms with van der Waals surface area (Å²) in [7, 11) is 0. The number of hydrogen-bond donors (Lipinski definition) is 0. The molecule has 1 saturated carbocycles. The fraction of sp³-hybridized carbons (Fsp3) is 0.235. The molecular weight excluding hydrogens is 236 g/mol. The van der Waals surface area contributed by atoms with Crippen LogP contribution >= 0.6 is 0 Å². The van der Waals surface area contributed by atoms with Gasteiger partial charge in [-0.25, -0.2) is 0 Å². The molecule has 0 saturated heterocycles. The van der Waals surface area contributed by atoms with Gasteiger partial charge < -0.3 is 4.74 Å². The fourth-order valence-electron chi connectivity index (χ4n) is 2.82. The van der Waals surface area contributed by atoms with Crippen molar-refractivity contribution in [3.8, 4) is 0 Å². The molecule has 1 aliphatic rings. The summed E-state index contributed by atoms with van der Waals surface area (Å²) in [5, 5.41) is 0. The van der Waals surface area contributed by atoms with E-state index in [2.05, 4.69) is 24.3 Å². The number of esters is 1.